The summed E-state index contributed by atoms with van der Waals surface area (Å²) in [7, 11) is 0. The maximum Gasteiger partial charge on any atom is 0.124 e. The van der Waals surface area contributed by atoms with Crippen LogP contribution in [0.1, 0.15) is 38.0 Å². The van der Waals surface area contributed by atoms with E-state index in [0.717, 1.165) is 10.1 Å². The average Bonchev–Trinajstić information content (AvgIpc) is 3.09. The van der Waals surface area contributed by atoms with Gasteiger partial charge in [-0.1, -0.05) is 6.07 Å². The number of fused-ring (bicyclic) bond motifs is 3. The first-order valence-corrected chi connectivity index (χ1v) is 8.48. The van der Waals surface area contributed by atoms with Crippen LogP contribution in [0.2, 0.25) is 0 Å². The smallest absolute Gasteiger partial charge is 0.124 e. The van der Waals surface area contributed by atoms with Crippen LogP contribution in [0.4, 0.5) is 4.39 Å². The topological polar surface area (TPSA) is 26.0 Å². The summed E-state index contributed by atoms with van der Waals surface area (Å²) in [6, 6.07) is 7.29. The molecule has 1 fully saturated rings. The molecular formula is C18H20FNS. The third kappa shape index (κ3) is 2.06. The zero-order valence-corrected chi connectivity index (χ0v) is 13.3. The molecule has 2 aliphatic rings. The van der Waals surface area contributed by atoms with Gasteiger partial charge in [0, 0.05) is 15.1 Å². The van der Waals surface area contributed by atoms with Gasteiger partial charge >= 0.3 is 0 Å². The Bertz CT molecular complexity index is 750. The van der Waals surface area contributed by atoms with Crippen molar-refractivity contribution in [3.8, 4) is 0 Å². The highest BCUT2D eigenvalue weighted by molar-refractivity contribution is 7.20. The van der Waals surface area contributed by atoms with Crippen LogP contribution < -0.4 is 5.73 Å². The summed E-state index contributed by atoms with van der Waals surface area (Å²) in [5.41, 5.74) is 9.13. The van der Waals surface area contributed by atoms with Crippen molar-refractivity contribution in [3.05, 3.63) is 40.5 Å². The summed E-state index contributed by atoms with van der Waals surface area (Å²) >= 11 is 1.71. The Labute approximate surface area is 128 Å². The zero-order valence-electron chi connectivity index (χ0n) is 12.4. The van der Waals surface area contributed by atoms with Gasteiger partial charge in [-0.15, -0.1) is 11.3 Å². The molecule has 2 unspecified atom stereocenters. The van der Waals surface area contributed by atoms with E-state index in [1.165, 1.54) is 35.3 Å². The van der Waals surface area contributed by atoms with Gasteiger partial charge in [0.25, 0.3) is 0 Å². The van der Waals surface area contributed by atoms with E-state index in [-0.39, 0.29) is 11.4 Å². The molecule has 2 aliphatic carbocycles. The first-order valence-electron chi connectivity index (χ1n) is 7.66. The third-order valence-corrected chi connectivity index (χ3v) is 6.11. The first-order chi connectivity index (χ1) is 9.93. The van der Waals surface area contributed by atoms with Crippen molar-refractivity contribution < 1.29 is 4.39 Å². The Balaban J connectivity index is 1.91. The molecule has 21 heavy (non-hydrogen) atoms. The lowest BCUT2D eigenvalue weighted by atomic mass is 9.80. The van der Waals surface area contributed by atoms with Gasteiger partial charge in [0.2, 0.25) is 0 Å². The van der Waals surface area contributed by atoms with Crippen LogP contribution in [0.3, 0.4) is 0 Å². The Hall–Kier alpha value is -1.19. The lowest BCUT2D eigenvalue weighted by molar-refractivity contribution is 0.509. The molecule has 2 N–H and O–H groups in total. The molecule has 2 bridgehead atoms. The maximum atomic E-state index is 13.4. The standard InChI is InChI=1S/C18H20FNS/c1-18(2,20)17-12-4-3-11(7-12)16(17)15-8-10-5-6-13(19)9-14(10)21-15/h5-6,8-9,11-12H,3-4,7,20H2,1-2H3. The summed E-state index contributed by atoms with van der Waals surface area (Å²) in [5.74, 6) is 1.16. The molecule has 0 amide bonds. The van der Waals surface area contributed by atoms with Gasteiger partial charge in [-0.3, -0.25) is 0 Å². The summed E-state index contributed by atoms with van der Waals surface area (Å²) in [5, 5.41) is 1.14. The fraction of sp³-hybridized carbons (Fsp3) is 0.444. The monoisotopic (exact) mass is 301 g/mol. The van der Waals surface area contributed by atoms with E-state index in [1.807, 2.05) is 6.07 Å². The Morgan fingerprint density at radius 1 is 1.19 bits per heavy atom. The molecule has 0 radical (unpaired) electrons. The molecule has 0 saturated heterocycles. The van der Waals surface area contributed by atoms with Gasteiger partial charge in [-0.2, -0.15) is 0 Å². The SMILES string of the molecule is CC(C)(N)C1=C(c2cc3ccc(F)cc3s2)C2CCC1C2. The largest absolute Gasteiger partial charge is 0.322 e. The predicted octanol–water partition coefficient (Wildman–Crippen LogP) is 4.96. The van der Waals surface area contributed by atoms with Crippen LogP contribution >= 0.6 is 11.3 Å². The van der Waals surface area contributed by atoms with Gasteiger partial charge in [-0.05, 0) is 79.7 Å². The zero-order chi connectivity index (χ0) is 14.8. The highest BCUT2D eigenvalue weighted by Gasteiger charge is 2.44. The van der Waals surface area contributed by atoms with Crippen LogP contribution in [-0.2, 0) is 0 Å². The average molecular weight is 301 g/mol. The highest BCUT2D eigenvalue weighted by atomic mass is 32.1. The van der Waals surface area contributed by atoms with Crippen LogP contribution in [0.15, 0.2) is 29.8 Å². The van der Waals surface area contributed by atoms with E-state index < -0.39 is 0 Å². The molecule has 4 rings (SSSR count). The molecule has 1 aromatic heterocycles. The second-order valence-electron chi connectivity index (χ2n) is 7.05. The lowest BCUT2D eigenvalue weighted by Crippen LogP contribution is -2.37. The molecule has 0 aliphatic heterocycles. The van der Waals surface area contributed by atoms with E-state index >= 15 is 0 Å². The van der Waals surface area contributed by atoms with Crippen molar-refractivity contribution in [1.29, 1.82) is 0 Å². The van der Waals surface area contributed by atoms with Crippen LogP contribution in [0.5, 0.6) is 0 Å². The van der Waals surface area contributed by atoms with Crippen LogP contribution in [0, 0.1) is 17.7 Å². The van der Waals surface area contributed by atoms with E-state index in [9.17, 15) is 4.39 Å². The number of hydrogen-bond donors (Lipinski definition) is 1. The molecule has 110 valence electrons. The van der Waals surface area contributed by atoms with E-state index in [1.54, 1.807) is 23.5 Å². The summed E-state index contributed by atoms with van der Waals surface area (Å²) in [6.45, 7) is 4.24. The highest BCUT2D eigenvalue weighted by Crippen LogP contribution is 2.56. The van der Waals surface area contributed by atoms with E-state index in [4.69, 9.17) is 5.73 Å². The summed E-state index contributed by atoms with van der Waals surface area (Å²) in [6.07, 6.45) is 3.82. The fourth-order valence-corrected chi connectivity index (χ4v) is 5.52. The minimum Gasteiger partial charge on any atom is -0.322 e. The van der Waals surface area contributed by atoms with E-state index in [0.29, 0.717) is 11.8 Å². The number of nitrogens with two attached hydrogens (primary N) is 1. The van der Waals surface area contributed by atoms with Gasteiger partial charge < -0.3 is 5.73 Å². The molecule has 2 aromatic rings. The number of rotatable bonds is 2. The normalized spacial score (nSPS) is 25.3. The fourth-order valence-electron chi connectivity index (χ4n) is 4.29. The molecule has 1 saturated carbocycles. The third-order valence-electron chi connectivity index (χ3n) is 4.98. The van der Waals surface area contributed by atoms with Gasteiger partial charge in [-0.25, -0.2) is 4.39 Å². The van der Waals surface area contributed by atoms with Gasteiger partial charge in [0.1, 0.15) is 5.82 Å². The van der Waals surface area contributed by atoms with Crippen molar-refractivity contribution in [3.63, 3.8) is 0 Å². The molecule has 1 aromatic carbocycles. The second-order valence-corrected chi connectivity index (χ2v) is 8.13. The maximum absolute atomic E-state index is 13.4. The van der Waals surface area contributed by atoms with Crippen LogP contribution in [0.25, 0.3) is 15.7 Å². The van der Waals surface area contributed by atoms with Gasteiger partial charge in [0.05, 0.1) is 0 Å². The number of halogens is 1. The van der Waals surface area contributed by atoms with E-state index in [2.05, 4.69) is 19.9 Å². The molecular weight excluding hydrogens is 281 g/mol. The lowest BCUT2D eigenvalue weighted by Gasteiger charge is -2.30. The minimum absolute atomic E-state index is 0.155. The minimum atomic E-state index is -0.253. The first kappa shape index (κ1) is 13.5. The van der Waals surface area contributed by atoms with Crippen molar-refractivity contribution in [2.45, 2.75) is 38.6 Å². The Morgan fingerprint density at radius 3 is 2.71 bits per heavy atom. The molecule has 3 heteroatoms. The van der Waals surface area contributed by atoms with Crippen molar-refractivity contribution >= 4 is 27.0 Å². The predicted molar refractivity (Wildman–Crippen MR) is 87.8 cm³/mol. The molecule has 1 nitrogen and oxygen atoms in total. The quantitative estimate of drug-likeness (QED) is 0.833. The number of benzene rings is 1. The van der Waals surface area contributed by atoms with Crippen molar-refractivity contribution in [1.82, 2.24) is 0 Å². The number of hydrogen-bond acceptors (Lipinski definition) is 2. The second kappa shape index (κ2) is 4.40. The van der Waals surface area contributed by atoms with Crippen molar-refractivity contribution in [2.75, 3.05) is 0 Å². The van der Waals surface area contributed by atoms with Crippen LogP contribution in [-0.4, -0.2) is 5.54 Å². The van der Waals surface area contributed by atoms with Gasteiger partial charge in [0.15, 0.2) is 0 Å². The summed E-state index contributed by atoms with van der Waals surface area (Å²) in [4.78, 5) is 1.30. The van der Waals surface area contributed by atoms with Crippen molar-refractivity contribution in [2.24, 2.45) is 17.6 Å². The molecule has 2 atom stereocenters. The Kier molecular flexibility index (Phi) is 2.82. The molecule has 0 spiro atoms. The number of thiophene rings is 1. The summed E-state index contributed by atoms with van der Waals surface area (Å²) < 4.78 is 14.5. The Morgan fingerprint density at radius 2 is 1.95 bits per heavy atom. The molecule has 1 heterocycles. The number of allylic oxidation sites excluding steroid dienone is 1.